The number of aromatic amines is 1. The number of H-pyrrole nitrogens is 1. The number of amides is 1. The van der Waals surface area contributed by atoms with Crippen LogP contribution in [-0.2, 0) is 30.6 Å². The van der Waals surface area contributed by atoms with Crippen LogP contribution < -0.4 is 10.1 Å². The number of nitrogens with zero attached hydrogens (tertiary/aromatic N) is 2. The minimum atomic E-state index is 0.0693. The minimum absolute atomic E-state index is 0.0693. The summed E-state index contributed by atoms with van der Waals surface area (Å²) in [5, 5.41) is 10.5. The molecule has 0 radical (unpaired) electrons. The second-order valence-corrected chi connectivity index (χ2v) is 6.35. The molecule has 2 N–H and O–H groups in total. The van der Waals surface area contributed by atoms with Crippen molar-refractivity contribution >= 4 is 5.91 Å². The van der Waals surface area contributed by atoms with E-state index in [4.69, 9.17) is 4.74 Å². The highest BCUT2D eigenvalue weighted by atomic mass is 16.5. The smallest absolute Gasteiger partial charge is 0.234 e. The average Bonchev–Trinajstić information content (AvgIpc) is 3.04. The molecule has 1 amide bonds. The summed E-state index contributed by atoms with van der Waals surface area (Å²) in [6.45, 7) is 4.84. The van der Waals surface area contributed by atoms with Gasteiger partial charge in [-0.05, 0) is 24.5 Å². The molecule has 0 spiro atoms. The van der Waals surface area contributed by atoms with Gasteiger partial charge in [0.2, 0.25) is 5.91 Å². The van der Waals surface area contributed by atoms with Crippen LogP contribution >= 0.6 is 0 Å². The van der Waals surface area contributed by atoms with E-state index in [9.17, 15) is 4.79 Å². The molecule has 2 heterocycles. The highest BCUT2D eigenvalue weighted by molar-refractivity contribution is 5.78. The summed E-state index contributed by atoms with van der Waals surface area (Å²) in [4.78, 5) is 14.4. The molecule has 3 rings (SSSR count). The van der Waals surface area contributed by atoms with Crippen molar-refractivity contribution in [3.05, 3.63) is 46.8 Å². The van der Waals surface area contributed by atoms with Gasteiger partial charge in [-0.2, -0.15) is 5.10 Å². The lowest BCUT2D eigenvalue weighted by Gasteiger charge is -2.26. The molecular formula is C19H26N4O2. The summed E-state index contributed by atoms with van der Waals surface area (Å²) >= 11 is 0. The van der Waals surface area contributed by atoms with Crippen molar-refractivity contribution in [1.82, 2.24) is 20.4 Å². The normalized spacial score (nSPS) is 14.2. The van der Waals surface area contributed by atoms with Crippen molar-refractivity contribution in [2.45, 2.75) is 32.7 Å². The molecular weight excluding hydrogens is 316 g/mol. The first-order valence-corrected chi connectivity index (χ1v) is 8.87. The monoisotopic (exact) mass is 342 g/mol. The van der Waals surface area contributed by atoms with Crippen molar-refractivity contribution in [3.63, 3.8) is 0 Å². The van der Waals surface area contributed by atoms with Crippen LogP contribution in [0.5, 0.6) is 5.75 Å². The first-order valence-electron chi connectivity index (χ1n) is 8.87. The van der Waals surface area contributed by atoms with Crippen molar-refractivity contribution in [3.8, 4) is 5.75 Å². The zero-order valence-corrected chi connectivity index (χ0v) is 15.0. The third-order valence-electron chi connectivity index (χ3n) is 4.71. The maximum Gasteiger partial charge on any atom is 0.234 e. The van der Waals surface area contributed by atoms with Crippen molar-refractivity contribution in [1.29, 1.82) is 0 Å². The molecule has 6 nitrogen and oxygen atoms in total. The fourth-order valence-corrected chi connectivity index (χ4v) is 3.34. The number of benzene rings is 1. The third-order valence-corrected chi connectivity index (χ3v) is 4.71. The van der Waals surface area contributed by atoms with Gasteiger partial charge in [0.05, 0.1) is 19.3 Å². The molecule has 0 atom stereocenters. The highest BCUT2D eigenvalue weighted by Crippen LogP contribution is 2.20. The molecule has 0 saturated carbocycles. The standard InChI is InChI=1S/C19H26N4O2/c1-3-16-15-12-23(11-9-17(15)22-21-16)13-19(24)20-10-8-14-6-4-5-7-18(14)25-2/h4-7H,3,8-13H2,1-2H3,(H,20,24)(H,21,22). The van der Waals surface area contributed by atoms with Gasteiger partial charge in [0.15, 0.2) is 0 Å². The van der Waals surface area contributed by atoms with E-state index >= 15 is 0 Å². The molecule has 0 fully saturated rings. The third kappa shape index (κ3) is 4.20. The molecule has 1 aliphatic rings. The molecule has 6 heteroatoms. The average molecular weight is 342 g/mol. The maximum atomic E-state index is 12.3. The van der Waals surface area contributed by atoms with Crippen LogP contribution in [0.4, 0.5) is 0 Å². The molecule has 1 aliphatic heterocycles. The lowest BCUT2D eigenvalue weighted by molar-refractivity contribution is -0.122. The summed E-state index contributed by atoms with van der Waals surface area (Å²) in [7, 11) is 1.67. The van der Waals surface area contributed by atoms with Crippen LogP contribution in [0.2, 0.25) is 0 Å². The van der Waals surface area contributed by atoms with E-state index in [0.717, 1.165) is 49.4 Å². The Hall–Kier alpha value is -2.34. The molecule has 1 aromatic heterocycles. The summed E-state index contributed by atoms with van der Waals surface area (Å²) in [5.41, 5.74) is 4.73. The second kappa shape index (κ2) is 8.16. The Labute approximate surface area is 148 Å². The number of nitrogens with one attached hydrogen (secondary N) is 2. The lowest BCUT2D eigenvalue weighted by atomic mass is 10.0. The number of carbonyl (C=O) groups excluding carboxylic acids is 1. The fourth-order valence-electron chi connectivity index (χ4n) is 3.34. The minimum Gasteiger partial charge on any atom is -0.496 e. The molecule has 0 unspecified atom stereocenters. The number of methoxy groups -OCH3 is 1. The molecule has 0 bridgehead atoms. The molecule has 25 heavy (non-hydrogen) atoms. The van der Waals surface area contributed by atoms with E-state index in [1.807, 2.05) is 24.3 Å². The van der Waals surface area contributed by atoms with Gasteiger partial charge in [0, 0.05) is 37.3 Å². The summed E-state index contributed by atoms with van der Waals surface area (Å²) in [6.07, 6.45) is 2.61. The topological polar surface area (TPSA) is 70.2 Å². The molecule has 1 aromatic carbocycles. The quantitative estimate of drug-likeness (QED) is 0.803. The van der Waals surface area contributed by atoms with E-state index in [-0.39, 0.29) is 5.91 Å². The number of hydrogen-bond acceptors (Lipinski definition) is 4. The van der Waals surface area contributed by atoms with Crippen molar-refractivity contribution in [2.24, 2.45) is 0 Å². The van der Waals surface area contributed by atoms with E-state index < -0.39 is 0 Å². The van der Waals surface area contributed by atoms with Gasteiger partial charge in [-0.1, -0.05) is 25.1 Å². The first-order chi connectivity index (χ1) is 12.2. The Bertz CT molecular complexity index is 712. The van der Waals surface area contributed by atoms with Crippen LogP contribution in [0.1, 0.15) is 29.4 Å². The highest BCUT2D eigenvalue weighted by Gasteiger charge is 2.22. The lowest BCUT2D eigenvalue weighted by Crippen LogP contribution is -2.40. The molecule has 0 saturated heterocycles. The zero-order valence-electron chi connectivity index (χ0n) is 15.0. The van der Waals surface area contributed by atoms with E-state index in [0.29, 0.717) is 13.1 Å². The number of para-hydroxylation sites is 1. The number of hydrogen-bond donors (Lipinski definition) is 2. The number of aromatic nitrogens is 2. The Morgan fingerprint density at radius 1 is 1.40 bits per heavy atom. The van der Waals surface area contributed by atoms with Gasteiger partial charge in [-0.3, -0.25) is 14.8 Å². The maximum absolute atomic E-state index is 12.3. The fraction of sp³-hybridized carbons (Fsp3) is 0.474. The predicted molar refractivity (Wildman–Crippen MR) is 96.7 cm³/mol. The Morgan fingerprint density at radius 3 is 3.04 bits per heavy atom. The number of rotatable bonds is 7. The Kier molecular flexibility index (Phi) is 5.71. The van der Waals surface area contributed by atoms with Gasteiger partial charge in [0.25, 0.3) is 0 Å². The number of ether oxygens (including phenoxy) is 1. The van der Waals surface area contributed by atoms with Crippen LogP contribution in [0.15, 0.2) is 24.3 Å². The predicted octanol–water partition coefficient (Wildman–Crippen LogP) is 1.70. The zero-order chi connectivity index (χ0) is 17.6. The van der Waals surface area contributed by atoms with Crippen molar-refractivity contribution < 1.29 is 9.53 Å². The number of carbonyl (C=O) groups is 1. The van der Waals surface area contributed by atoms with Crippen LogP contribution in [-0.4, -0.2) is 47.7 Å². The first kappa shape index (κ1) is 17.5. The van der Waals surface area contributed by atoms with Crippen LogP contribution in [0.25, 0.3) is 0 Å². The molecule has 134 valence electrons. The SMILES string of the molecule is CCc1n[nH]c2c1CN(CC(=O)NCCc1ccccc1OC)CC2. The van der Waals surface area contributed by atoms with Gasteiger partial charge < -0.3 is 10.1 Å². The Morgan fingerprint density at radius 2 is 2.24 bits per heavy atom. The van der Waals surface area contributed by atoms with Gasteiger partial charge in [-0.15, -0.1) is 0 Å². The van der Waals surface area contributed by atoms with Crippen LogP contribution in [0, 0.1) is 0 Å². The summed E-state index contributed by atoms with van der Waals surface area (Å²) in [6, 6.07) is 7.91. The van der Waals surface area contributed by atoms with Gasteiger partial charge in [-0.25, -0.2) is 0 Å². The summed E-state index contributed by atoms with van der Waals surface area (Å²) in [5.74, 6) is 0.937. The van der Waals surface area contributed by atoms with E-state index in [2.05, 4.69) is 27.3 Å². The van der Waals surface area contributed by atoms with E-state index in [1.54, 1.807) is 7.11 Å². The second-order valence-electron chi connectivity index (χ2n) is 6.35. The van der Waals surface area contributed by atoms with E-state index in [1.165, 1.54) is 11.3 Å². The van der Waals surface area contributed by atoms with Gasteiger partial charge in [0.1, 0.15) is 5.75 Å². The van der Waals surface area contributed by atoms with Crippen molar-refractivity contribution in [2.75, 3.05) is 26.7 Å². The summed E-state index contributed by atoms with van der Waals surface area (Å²) < 4.78 is 5.34. The van der Waals surface area contributed by atoms with Crippen LogP contribution in [0.3, 0.4) is 0 Å². The number of aryl methyl sites for hydroxylation is 1. The Balaban J connectivity index is 1.47. The largest absolute Gasteiger partial charge is 0.496 e. The molecule has 2 aromatic rings. The molecule has 0 aliphatic carbocycles. The number of fused-ring (bicyclic) bond motifs is 1. The van der Waals surface area contributed by atoms with Gasteiger partial charge >= 0.3 is 0 Å².